The van der Waals surface area contributed by atoms with Crippen LogP contribution in [0.25, 0.3) is 11.8 Å². The predicted molar refractivity (Wildman–Crippen MR) is 111 cm³/mol. The van der Waals surface area contributed by atoms with Gasteiger partial charge in [0.15, 0.2) is 0 Å². The zero-order valence-corrected chi connectivity index (χ0v) is 17.0. The molecule has 0 radical (unpaired) electrons. The SMILES string of the molecule is CC(C)Cc1nnc(NC(=O)/C(C#N)=C\c2cccn2-c2cccc(Cl)c2)s1. The lowest BCUT2D eigenvalue weighted by Gasteiger charge is -2.07. The summed E-state index contributed by atoms with van der Waals surface area (Å²) < 4.78 is 1.85. The van der Waals surface area contributed by atoms with Crippen molar-refractivity contribution in [2.24, 2.45) is 5.92 Å². The Kier molecular flexibility index (Phi) is 6.24. The maximum Gasteiger partial charge on any atom is 0.268 e. The molecular weight excluding hydrogens is 394 g/mol. The first-order valence-corrected chi connectivity index (χ1v) is 9.84. The first-order valence-electron chi connectivity index (χ1n) is 8.65. The standard InChI is InChI=1S/C20H18ClN5OS/c1-13(2)9-18-24-25-20(28-18)23-19(27)14(12-22)10-16-7-4-8-26(16)17-6-3-5-15(21)11-17/h3-8,10-11,13H,9H2,1-2H3,(H,23,25,27)/b14-10-. The summed E-state index contributed by atoms with van der Waals surface area (Å²) in [5.41, 5.74) is 1.50. The van der Waals surface area contributed by atoms with Gasteiger partial charge in [0.2, 0.25) is 5.13 Å². The monoisotopic (exact) mass is 411 g/mol. The first-order chi connectivity index (χ1) is 13.5. The summed E-state index contributed by atoms with van der Waals surface area (Å²) in [6.07, 6.45) is 4.17. The number of carbonyl (C=O) groups is 1. The molecule has 6 nitrogen and oxygen atoms in total. The van der Waals surface area contributed by atoms with E-state index in [-0.39, 0.29) is 5.57 Å². The van der Waals surface area contributed by atoms with Crippen LogP contribution in [0.3, 0.4) is 0 Å². The zero-order chi connectivity index (χ0) is 20.1. The zero-order valence-electron chi connectivity index (χ0n) is 15.4. The van der Waals surface area contributed by atoms with Crippen molar-refractivity contribution in [2.75, 3.05) is 5.32 Å². The number of hydrogen-bond donors (Lipinski definition) is 1. The maximum atomic E-state index is 12.5. The molecule has 0 aliphatic heterocycles. The minimum absolute atomic E-state index is 0.0254. The second-order valence-electron chi connectivity index (χ2n) is 6.51. The lowest BCUT2D eigenvalue weighted by molar-refractivity contribution is -0.112. The van der Waals surface area contributed by atoms with Crippen molar-refractivity contribution >= 4 is 40.1 Å². The normalized spacial score (nSPS) is 11.5. The number of hydrogen-bond acceptors (Lipinski definition) is 5. The molecule has 0 saturated carbocycles. The molecule has 2 aromatic heterocycles. The number of halogens is 1. The van der Waals surface area contributed by atoms with Crippen LogP contribution in [-0.4, -0.2) is 20.7 Å². The van der Waals surface area contributed by atoms with Gasteiger partial charge in [-0.1, -0.05) is 42.9 Å². The lowest BCUT2D eigenvalue weighted by atomic mass is 10.1. The minimum atomic E-state index is -0.520. The number of anilines is 1. The molecule has 3 aromatic rings. The summed E-state index contributed by atoms with van der Waals surface area (Å²) in [7, 11) is 0. The van der Waals surface area contributed by atoms with Gasteiger partial charge in [-0.05, 0) is 42.3 Å². The predicted octanol–water partition coefficient (Wildman–Crippen LogP) is 4.73. The Bertz CT molecular complexity index is 1060. The highest BCUT2D eigenvalue weighted by Crippen LogP contribution is 2.21. The Labute approximate surface area is 172 Å². The van der Waals surface area contributed by atoms with E-state index in [1.807, 2.05) is 47.2 Å². The first kappa shape index (κ1) is 19.8. The van der Waals surface area contributed by atoms with Gasteiger partial charge in [0.05, 0.1) is 0 Å². The topological polar surface area (TPSA) is 83.6 Å². The second-order valence-corrected chi connectivity index (χ2v) is 8.00. The molecular formula is C20H18ClN5OS. The summed E-state index contributed by atoms with van der Waals surface area (Å²) in [5.74, 6) is -0.0704. The van der Waals surface area contributed by atoms with E-state index in [4.69, 9.17) is 11.6 Å². The molecule has 1 amide bonds. The minimum Gasteiger partial charge on any atom is -0.317 e. The summed E-state index contributed by atoms with van der Waals surface area (Å²) in [5, 5.41) is 22.0. The number of nitriles is 1. The molecule has 0 fully saturated rings. The molecule has 1 N–H and O–H groups in total. The molecule has 3 rings (SSSR count). The highest BCUT2D eigenvalue weighted by Gasteiger charge is 2.14. The molecule has 0 aliphatic rings. The van der Waals surface area contributed by atoms with Gasteiger partial charge in [0.1, 0.15) is 16.6 Å². The van der Waals surface area contributed by atoms with Gasteiger partial charge >= 0.3 is 0 Å². The number of benzene rings is 1. The Hall–Kier alpha value is -2.95. The van der Waals surface area contributed by atoms with Crippen LogP contribution in [-0.2, 0) is 11.2 Å². The molecule has 0 aliphatic carbocycles. The quantitative estimate of drug-likeness (QED) is 0.469. The van der Waals surface area contributed by atoms with E-state index in [0.717, 1.165) is 17.1 Å². The fraction of sp³-hybridized carbons (Fsp3) is 0.200. The van der Waals surface area contributed by atoms with Gasteiger partial charge in [-0.3, -0.25) is 10.1 Å². The van der Waals surface area contributed by atoms with Crippen molar-refractivity contribution in [2.45, 2.75) is 20.3 Å². The molecule has 0 saturated heterocycles. The molecule has 8 heteroatoms. The highest BCUT2D eigenvalue weighted by atomic mass is 35.5. The van der Waals surface area contributed by atoms with Crippen molar-refractivity contribution in [1.29, 1.82) is 5.26 Å². The fourth-order valence-corrected chi connectivity index (χ4v) is 3.70. The average Bonchev–Trinajstić information content (AvgIpc) is 3.28. The molecule has 1 aromatic carbocycles. The van der Waals surface area contributed by atoms with E-state index in [1.165, 1.54) is 17.4 Å². The summed E-state index contributed by atoms with van der Waals surface area (Å²) in [4.78, 5) is 12.5. The molecule has 0 bridgehead atoms. The third-order valence-electron chi connectivity index (χ3n) is 3.79. The summed E-state index contributed by atoms with van der Waals surface area (Å²) in [6.45, 7) is 4.18. The van der Waals surface area contributed by atoms with E-state index < -0.39 is 5.91 Å². The average molecular weight is 412 g/mol. The van der Waals surface area contributed by atoms with Crippen LogP contribution in [0.15, 0.2) is 48.2 Å². The highest BCUT2D eigenvalue weighted by molar-refractivity contribution is 7.15. The number of amides is 1. The Morgan fingerprint density at radius 2 is 2.18 bits per heavy atom. The van der Waals surface area contributed by atoms with Crippen LogP contribution < -0.4 is 5.32 Å². The number of rotatable bonds is 6. The number of carbonyl (C=O) groups excluding carboxylic acids is 1. The Balaban J connectivity index is 1.81. The van der Waals surface area contributed by atoms with Gasteiger partial charge in [-0.25, -0.2) is 0 Å². The molecule has 0 unspecified atom stereocenters. The van der Waals surface area contributed by atoms with Crippen molar-refractivity contribution in [3.05, 3.63) is 63.9 Å². The summed E-state index contributed by atoms with van der Waals surface area (Å²) >= 11 is 7.38. The van der Waals surface area contributed by atoms with E-state index in [1.54, 1.807) is 6.07 Å². The fourth-order valence-electron chi connectivity index (χ4n) is 2.57. The van der Waals surface area contributed by atoms with E-state index in [9.17, 15) is 10.1 Å². The molecule has 2 heterocycles. The van der Waals surface area contributed by atoms with Gasteiger partial charge in [-0.2, -0.15) is 5.26 Å². The molecule has 0 atom stereocenters. The molecule has 28 heavy (non-hydrogen) atoms. The van der Waals surface area contributed by atoms with Gasteiger partial charge in [0.25, 0.3) is 5.91 Å². The van der Waals surface area contributed by atoms with E-state index in [2.05, 4.69) is 29.4 Å². The largest absolute Gasteiger partial charge is 0.317 e. The summed E-state index contributed by atoms with van der Waals surface area (Å²) in [6, 6.07) is 12.9. The Morgan fingerprint density at radius 3 is 2.89 bits per heavy atom. The second kappa shape index (κ2) is 8.83. The lowest BCUT2D eigenvalue weighted by Crippen LogP contribution is -2.13. The smallest absolute Gasteiger partial charge is 0.268 e. The third kappa shape index (κ3) is 4.85. The Morgan fingerprint density at radius 1 is 1.36 bits per heavy atom. The van der Waals surface area contributed by atoms with Crippen molar-refractivity contribution in [3.63, 3.8) is 0 Å². The van der Waals surface area contributed by atoms with Crippen LogP contribution in [0, 0.1) is 17.2 Å². The number of aromatic nitrogens is 3. The van der Waals surface area contributed by atoms with Crippen LogP contribution in [0.1, 0.15) is 24.5 Å². The van der Waals surface area contributed by atoms with Crippen LogP contribution in [0.2, 0.25) is 5.02 Å². The van der Waals surface area contributed by atoms with Crippen molar-refractivity contribution in [3.8, 4) is 11.8 Å². The van der Waals surface area contributed by atoms with Crippen LogP contribution in [0.5, 0.6) is 0 Å². The molecule has 0 spiro atoms. The van der Waals surface area contributed by atoms with Crippen LogP contribution >= 0.6 is 22.9 Å². The van der Waals surface area contributed by atoms with Crippen molar-refractivity contribution < 1.29 is 4.79 Å². The molecule has 142 valence electrons. The van der Waals surface area contributed by atoms with E-state index in [0.29, 0.717) is 21.8 Å². The number of nitrogens with zero attached hydrogens (tertiary/aromatic N) is 4. The maximum absolute atomic E-state index is 12.5. The van der Waals surface area contributed by atoms with Gasteiger partial charge < -0.3 is 4.57 Å². The van der Waals surface area contributed by atoms with E-state index >= 15 is 0 Å². The third-order valence-corrected chi connectivity index (χ3v) is 4.89. The van der Waals surface area contributed by atoms with Gasteiger partial charge in [-0.15, -0.1) is 10.2 Å². The van der Waals surface area contributed by atoms with Crippen LogP contribution in [0.4, 0.5) is 5.13 Å². The number of nitrogens with one attached hydrogen (secondary N) is 1. The van der Waals surface area contributed by atoms with Gasteiger partial charge in [0, 0.05) is 29.0 Å². The van der Waals surface area contributed by atoms with Crippen molar-refractivity contribution in [1.82, 2.24) is 14.8 Å².